The van der Waals surface area contributed by atoms with Gasteiger partial charge in [0, 0.05) is 18.7 Å². The molecule has 92 valence electrons. The summed E-state index contributed by atoms with van der Waals surface area (Å²) in [5, 5.41) is 0. The van der Waals surface area contributed by atoms with Gasteiger partial charge in [0.25, 0.3) is 0 Å². The topological polar surface area (TPSA) is 46.6 Å². The molecular formula is C13H17NO3. The Hall–Kier alpha value is -1.71. The van der Waals surface area contributed by atoms with Crippen molar-refractivity contribution >= 4 is 17.1 Å². The summed E-state index contributed by atoms with van der Waals surface area (Å²) >= 11 is 0. The highest BCUT2D eigenvalue weighted by molar-refractivity contribution is 5.75. The number of rotatable bonds is 4. The molecule has 0 fully saturated rings. The van der Waals surface area contributed by atoms with E-state index in [0.717, 1.165) is 25.1 Å². The van der Waals surface area contributed by atoms with Crippen molar-refractivity contribution in [1.82, 2.24) is 0 Å². The molecule has 0 aliphatic heterocycles. The predicted octanol–water partition coefficient (Wildman–Crippen LogP) is 2.93. The van der Waals surface area contributed by atoms with Crippen molar-refractivity contribution in [3.05, 3.63) is 28.1 Å². The standard InChI is InChI=1S/C13H17NO3/c1-4-6-14(5-2)11-7-10(15)13-12(17-11)9(3)8-16-13/h7-8H,4-6H2,1-3H3. The van der Waals surface area contributed by atoms with E-state index in [1.807, 2.05) is 18.7 Å². The zero-order valence-corrected chi connectivity index (χ0v) is 10.4. The normalized spacial score (nSPS) is 11.0. The number of fused-ring (bicyclic) bond motifs is 1. The monoisotopic (exact) mass is 235 g/mol. The molecule has 0 spiro atoms. The van der Waals surface area contributed by atoms with Gasteiger partial charge in [-0.1, -0.05) is 6.92 Å². The number of hydrogen-bond acceptors (Lipinski definition) is 4. The van der Waals surface area contributed by atoms with Crippen molar-refractivity contribution in [1.29, 1.82) is 0 Å². The van der Waals surface area contributed by atoms with Gasteiger partial charge in [0.05, 0.1) is 12.3 Å². The van der Waals surface area contributed by atoms with E-state index in [0.29, 0.717) is 17.1 Å². The summed E-state index contributed by atoms with van der Waals surface area (Å²) in [5.74, 6) is 0.622. The lowest BCUT2D eigenvalue weighted by Gasteiger charge is -2.19. The molecule has 0 atom stereocenters. The highest BCUT2D eigenvalue weighted by atomic mass is 16.4. The highest BCUT2D eigenvalue weighted by Crippen LogP contribution is 2.23. The van der Waals surface area contributed by atoms with E-state index in [-0.39, 0.29) is 5.43 Å². The van der Waals surface area contributed by atoms with Gasteiger partial charge in [-0.15, -0.1) is 0 Å². The fourth-order valence-electron chi connectivity index (χ4n) is 1.89. The summed E-state index contributed by atoms with van der Waals surface area (Å²) in [5.41, 5.74) is 1.59. The fourth-order valence-corrected chi connectivity index (χ4v) is 1.89. The van der Waals surface area contributed by atoms with Crippen molar-refractivity contribution in [3.8, 4) is 0 Å². The Kier molecular flexibility index (Phi) is 3.22. The van der Waals surface area contributed by atoms with Crippen molar-refractivity contribution in [2.24, 2.45) is 0 Å². The van der Waals surface area contributed by atoms with Crippen LogP contribution in [-0.2, 0) is 0 Å². The minimum Gasteiger partial charge on any atom is -0.456 e. The molecule has 0 saturated carbocycles. The zero-order valence-electron chi connectivity index (χ0n) is 10.4. The Balaban J connectivity index is 2.55. The Bertz CT molecular complexity index is 568. The van der Waals surface area contributed by atoms with E-state index in [2.05, 4.69) is 6.92 Å². The summed E-state index contributed by atoms with van der Waals surface area (Å²) < 4.78 is 10.9. The van der Waals surface area contributed by atoms with Crippen molar-refractivity contribution in [3.63, 3.8) is 0 Å². The quantitative estimate of drug-likeness (QED) is 0.817. The summed E-state index contributed by atoms with van der Waals surface area (Å²) in [6.45, 7) is 7.71. The summed E-state index contributed by atoms with van der Waals surface area (Å²) in [4.78, 5) is 13.9. The third-order valence-corrected chi connectivity index (χ3v) is 2.79. The van der Waals surface area contributed by atoms with Crippen LogP contribution in [0.25, 0.3) is 11.2 Å². The first-order chi connectivity index (χ1) is 8.17. The maximum Gasteiger partial charge on any atom is 0.230 e. The smallest absolute Gasteiger partial charge is 0.230 e. The second kappa shape index (κ2) is 4.65. The molecule has 0 aliphatic rings. The third-order valence-electron chi connectivity index (χ3n) is 2.79. The SMILES string of the molecule is CCCN(CC)c1cc(=O)c2occ(C)c2o1. The first-order valence-corrected chi connectivity index (χ1v) is 5.94. The summed E-state index contributed by atoms with van der Waals surface area (Å²) in [7, 11) is 0. The van der Waals surface area contributed by atoms with Crippen LogP contribution in [-0.4, -0.2) is 13.1 Å². The van der Waals surface area contributed by atoms with E-state index in [1.165, 1.54) is 6.07 Å². The molecule has 4 heteroatoms. The zero-order chi connectivity index (χ0) is 12.4. The number of hydrogen-bond donors (Lipinski definition) is 0. The van der Waals surface area contributed by atoms with E-state index >= 15 is 0 Å². The van der Waals surface area contributed by atoms with Crippen LogP contribution < -0.4 is 10.3 Å². The first kappa shape index (κ1) is 11.8. The van der Waals surface area contributed by atoms with Crippen LogP contribution in [0.4, 0.5) is 5.88 Å². The Morgan fingerprint density at radius 2 is 2.06 bits per heavy atom. The molecule has 2 aromatic heterocycles. The molecule has 0 N–H and O–H groups in total. The lowest BCUT2D eigenvalue weighted by molar-refractivity contribution is 0.558. The van der Waals surface area contributed by atoms with Gasteiger partial charge in [-0.25, -0.2) is 0 Å². The molecule has 0 aromatic carbocycles. The van der Waals surface area contributed by atoms with Crippen LogP contribution in [0.5, 0.6) is 0 Å². The van der Waals surface area contributed by atoms with Gasteiger partial charge in [-0.2, -0.15) is 0 Å². The molecule has 2 aromatic rings. The molecule has 17 heavy (non-hydrogen) atoms. The van der Waals surface area contributed by atoms with Crippen molar-refractivity contribution in [2.75, 3.05) is 18.0 Å². The molecule has 0 bridgehead atoms. The minimum atomic E-state index is -0.121. The van der Waals surface area contributed by atoms with E-state index in [4.69, 9.17) is 8.83 Å². The molecule has 0 unspecified atom stereocenters. The van der Waals surface area contributed by atoms with Crippen LogP contribution >= 0.6 is 0 Å². The van der Waals surface area contributed by atoms with Gasteiger partial charge in [0.2, 0.25) is 11.0 Å². The highest BCUT2D eigenvalue weighted by Gasteiger charge is 2.13. The third kappa shape index (κ3) is 2.07. The fraction of sp³-hybridized carbons (Fsp3) is 0.462. The predicted molar refractivity (Wildman–Crippen MR) is 67.7 cm³/mol. The second-order valence-corrected chi connectivity index (χ2v) is 4.11. The Morgan fingerprint density at radius 3 is 2.71 bits per heavy atom. The lowest BCUT2D eigenvalue weighted by atomic mass is 10.3. The Labute approximate surface area is 99.8 Å². The molecule has 0 amide bonds. The number of furan rings is 1. The molecular weight excluding hydrogens is 218 g/mol. The molecule has 0 radical (unpaired) electrons. The molecule has 0 aliphatic carbocycles. The van der Waals surface area contributed by atoms with Crippen LogP contribution in [0.1, 0.15) is 25.8 Å². The van der Waals surface area contributed by atoms with E-state index in [9.17, 15) is 4.79 Å². The lowest BCUT2D eigenvalue weighted by Crippen LogP contribution is -2.24. The van der Waals surface area contributed by atoms with E-state index in [1.54, 1.807) is 6.26 Å². The second-order valence-electron chi connectivity index (χ2n) is 4.11. The largest absolute Gasteiger partial charge is 0.456 e. The average Bonchev–Trinajstić information content (AvgIpc) is 2.69. The minimum absolute atomic E-state index is 0.121. The van der Waals surface area contributed by atoms with E-state index < -0.39 is 0 Å². The van der Waals surface area contributed by atoms with Crippen LogP contribution in [0, 0.1) is 6.92 Å². The van der Waals surface area contributed by atoms with Crippen LogP contribution in [0.3, 0.4) is 0 Å². The molecule has 2 rings (SSSR count). The van der Waals surface area contributed by atoms with Gasteiger partial charge < -0.3 is 13.7 Å². The summed E-state index contributed by atoms with van der Waals surface area (Å²) in [6.07, 6.45) is 2.56. The maximum atomic E-state index is 11.9. The number of nitrogens with zero attached hydrogens (tertiary/aromatic N) is 1. The van der Waals surface area contributed by atoms with Crippen LogP contribution in [0.15, 0.2) is 26.0 Å². The first-order valence-electron chi connectivity index (χ1n) is 5.94. The molecule has 2 heterocycles. The van der Waals surface area contributed by atoms with Crippen LogP contribution in [0.2, 0.25) is 0 Å². The van der Waals surface area contributed by atoms with Crippen molar-refractivity contribution < 1.29 is 8.83 Å². The number of anilines is 1. The van der Waals surface area contributed by atoms with Gasteiger partial charge in [-0.3, -0.25) is 4.79 Å². The molecule has 4 nitrogen and oxygen atoms in total. The average molecular weight is 235 g/mol. The van der Waals surface area contributed by atoms with Gasteiger partial charge in [0.1, 0.15) is 0 Å². The summed E-state index contributed by atoms with van der Waals surface area (Å²) in [6, 6.07) is 1.50. The van der Waals surface area contributed by atoms with Gasteiger partial charge in [0.15, 0.2) is 11.5 Å². The van der Waals surface area contributed by atoms with Gasteiger partial charge >= 0.3 is 0 Å². The Morgan fingerprint density at radius 1 is 1.29 bits per heavy atom. The van der Waals surface area contributed by atoms with Gasteiger partial charge in [-0.05, 0) is 20.3 Å². The number of aryl methyl sites for hydroxylation is 1. The maximum absolute atomic E-state index is 11.9. The van der Waals surface area contributed by atoms with Crippen molar-refractivity contribution in [2.45, 2.75) is 27.2 Å². The molecule has 0 saturated heterocycles.